The molecule has 0 saturated heterocycles. The van der Waals surface area contributed by atoms with Crippen LogP contribution in [0.1, 0.15) is 29.6 Å². The van der Waals surface area contributed by atoms with Gasteiger partial charge in [-0.05, 0) is 36.5 Å². The Labute approximate surface area is 117 Å². The average Bonchev–Trinajstić information content (AvgIpc) is 2.84. The van der Waals surface area contributed by atoms with Crippen molar-refractivity contribution < 1.29 is 4.79 Å². The Bertz CT molecular complexity index is 599. The number of benzene rings is 1. The van der Waals surface area contributed by atoms with E-state index in [2.05, 4.69) is 15.5 Å². The summed E-state index contributed by atoms with van der Waals surface area (Å²) in [5, 5.41) is 9.72. The highest BCUT2D eigenvalue weighted by atomic mass is 16.1. The number of H-pyrrole nitrogens is 1. The number of nitrogens with zero attached hydrogens (tertiary/aromatic N) is 1. The van der Waals surface area contributed by atoms with Crippen LogP contribution in [0.2, 0.25) is 0 Å². The van der Waals surface area contributed by atoms with Crippen molar-refractivity contribution in [2.75, 3.05) is 12.3 Å². The third-order valence-corrected chi connectivity index (χ3v) is 3.83. The molecule has 5 heteroatoms. The van der Waals surface area contributed by atoms with E-state index in [0.29, 0.717) is 17.3 Å². The minimum absolute atomic E-state index is 0.00688. The number of anilines is 1. The number of aromatic amines is 1. The molecule has 1 amide bonds. The number of carbonyl (C=O) groups excluding carboxylic acids is 1. The maximum absolute atomic E-state index is 12.0. The van der Waals surface area contributed by atoms with Gasteiger partial charge in [0.2, 0.25) is 0 Å². The molecule has 0 spiro atoms. The van der Waals surface area contributed by atoms with Gasteiger partial charge in [0, 0.05) is 18.2 Å². The molecule has 3 rings (SSSR count). The summed E-state index contributed by atoms with van der Waals surface area (Å²) >= 11 is 0. The number of rotatable bonds is 4. The molecule has 0 bridgehead atoms. The zero-order valence-corrected chi connectivity index (χ0v) is 11.2. The number of hydrogen-bond acceptors (Lipinski definition) is 3. The number of carbonyl (C=O) groups is 1. The van der Waals surface area contributed by atoms with Crippen LogP contribution in [0.4, 0.5) is 5.82 Å². The van der Waals surface area contributed by atoms with Gasteiger partial charge >= 0.3 is 0 Å². The van der Waals surface area contributed by atoms with E-state index in [0.717, 1.165) is 17.8 Å². The van der Waals surface area contributed by atoms with Crippen molar-refractivity contribution in [3.05, 3.63) is 35.9 Å². The molecule has 0 aliphatic heterocycles. The standard InChI is InChI=1S/C15H18N4O/c16-14-8-13(18-19-14)11-4-6-12(7-5-11)15(20)17-9-10-2-1-3-10/h4-8,10H,1-3,9H2,(H,17,20)(H3,16,18,19). The zero-order valence-electron chi connectivity index (χ0n) is 11.2. The quantitative estimate of drug-likeness (QED) is 0.796. The fraction of sp³-hybridized carbons (Fsp3) is 0.333. The van der Waals surface area contributed by atoms with Crippen LogP contribution in [0.3, 0.4) is 0 Å². The fourth-order valence-corrected chi connectivity index (χ4v) is 2.32. The van der Waals surface area contributed by atoms with Crippen LogP contribution in [0.15, 0.2) is 30.3 Å². The van der Waals surface area contributed by atoms with Crippen LogP contribution in [-0.2, 0) is 0 Å². The topological polar surface area (TPSA) is 83.8 Å². The Morgan fingerprint density at radius 2 is 2.10 bits per heavy atom. The second kappa shape index (κ2) is 5.36. The minimum Gasteiger partial charge on any atom is -0.382 e. The third-order valence-electron chi connectivity index (χ3n) is 3.83. The second-order valence-electron chi connectivity index (χ2n) is 5.29. The number of nitrogens with two attached hydrogens (primary N) is 1. The van der Waals surface area contributed by atoms with Gasteiger partial charge in [0.05, 0.1) is 5.69 Å². The number of amides is 1. The lowest BCUT2D eigenvalue weighted by Gasteiger charge is -2.25. The number of nitrogens with one attached hydrogen (secondary N) is 2. The van der Waals surface area contributed by atoms with Gasteiger partial charge in [-0.3, -0.25) is 9.89 Å². The van der Waals surface area contributed by atoms with Gasteiger partial charge in [0.25, 0.3) is 5.91 Å². The number of hydrogen-bond donors (Lipinski definition) is 3. The highest BCUT2D eigenvalue weighted by Gasteiger charge is 2.18. The first kappa shape index (κ1) is 12.7. The lowest BCUT2D eigenvalue weighted by molar-refractivity contribution is 0.0939. The predicted octanol–water partition coefficient (Wildman–Crippen LogP) is 2.19. The summed E-state index contributed by atoms with van der Waals surface area (Å²) in [7, 11) is 0. The third kappa shape index (κ3) is 2.66. The maximum Gasteiger partial charge on any atom is 0.251 e. The van der Waals surface area contributed by atoms with Crippen molar-refractivity contribution in [3.8, 4) is 11.3 Å². The van der Waals surface area contributed by atoms with E-state index >= 15 is 0 Å². The number of aromatic nitrogens is 2. The Balaban J connectivity index is 1.64. The Hall–Kier alpha value is -2.30. The molecule has 0 radical (unpaired) electrons. The molecule has 1 heterocycles. The van der Waals surface area contributed by atoms with Crippen LogP contribution in [0, 0.1) is 5.92 Å². The molecule has 2 aromatic rings. The van der Waals surface area contributed by atoms with E-state index < -0.39 is 0 Å². The molecule has 0 unspecified atom stereocenters. The summed E-state index contributed by atoms with van der Waals surface area (Å²) in [5.74, 6) is 1.13. The van der Waals surface area contributed by atoms with Gasteiger partial charge in [-0.15, -0.1) is 0 Å². The molecule has 1 aromatic carbocycles. The van der Waals surface area contributed by atoms with E-state index in [9.17, 15) is 4.79 Å². The van der Waals surface area contributed by atoms with E-state index in [1.807, 2.05) is 24.3 Å². The van der Waals surface area contributed by atoms with Gasteiger partial charge in [-0.1, -0.05) is 18.6 Å². The van der Waals surface area contributed by atoms with E-state index in [4.69, 9.17) is 5.73 Å². The van der Waals surface area contributed by atoms with Gasteiger partial charge in [0.1, 0.15) is 5.82 Å². The summed E-state index contributed by atoms with van der Waals surface area (Å²) in [6.45, 7) is 0.789. The Kier molecular flexibility index (Phi) is 3.41. The van der Waals surface area contributed by atoms with Crippen LogP contribution in [-0.4, -0.2) is 22.6 Å². The number of nitrogen functional groups attached to an aromatic ring is 1. The first-order valence-corrected chi connectivity index (χ1v) is 6.92. The van der Waals surface area contributed by atoms with Crippen molar-refractivity contribution >= 4 is 11.7 Å². The van der Waals surface area contributed by atoms with Crippen molar-refractivity contribution in [2.24, 2.45) is 5.92 Å². The summed E-state index contributed by atoms with van der Waals surface area (Å²) in [6, 6.07) is 9.20. The molecule has 1 aromatic heterocycles. The van der Waals surface area contributed by atoms with Crippen LogP contribution in [0.5, 0.6) is 0 Å². The Morgan fingerprint density at radius 1 is 1.35 bits per heavy atom. The largest absolute Gasteiger partial charge is 0.382 e. The van der Waals surface area contributed by atoms with Gasteiger partial charge in [-0.2, -0.15) is 5.10 Å². The molecule has 4 N–H and O–H groups in total. The van der Waals surface area contributed by atoms with Crippen molar-refractivity contribution in [2.45, 2.75) is 19.3 Å². The highest BCUT2D eigenvalue weighted by Crippen LogP contribution is 2.25. The average molecular weight is 270 g/mol. The van der Waals surface area contributed by atoms with Crippen molar-refractivity contribution in [1.29, 1.82) is 0 Å². The summed E-state index contributed by atoms with van der Waals surface area (Å²) in [6.07, 6.45) is 3.77. The van der Waals surface area contributed by atoms with Crippen molar-refractivity contribution in [3.63, 3.8) is 0 Å². The van der Waals surface area contributed by atoms with Gasteiger partial charge < -0.3 is 11.1 Å². The van der Waals surface area contributed by atoms with Crippen molar-refractivity contribution in [1.82, 2.24) is 15.5 Å². The maximum atomic E-state index is 12.0. The molecule has 104 valence electrons. The zero-order chi connectivity index (χ0) is 13.9. The summed E-state index contributed by atoms with van der Waals surface area (Å²) in [4.78, 5) is 12.0. The molecule has 5 nitrogen and oxygen atoms in total. The Morgan fingerprint density at radius 3 is 2.65 bits per heavy atom. The van der Waals surface area contributed by atoms with E-state index in [1.165, 1.54) is 19.3 Å². The monoisotopic (exact) mass is 270 g/mol. The molecular formula is C15H18N4O. The first-order chi connectivity index (χ1) is 9.72. The highest BCUT2D eigenvalue weighted by molar-refractivity contribution is 5.94. The summed E-state index contributed by atoms with van der Waals surface area (Å²) < 4.78 is 0. The SMILES string of the molecule is Nc1cc(-c2ccc(C(=O)NCC3CCC3)cc2)[nH]n1. The molecule has 1 saturated carbocycles. The lowest BCUT2D eigenvalue weighted by Crippen LogP contribution is -2.32. The molecule has 0 atom stereocenters. The van der Waals surface area contributed by atoms with Crippen LogP contribution >= 0.6 is 0 Å². The fourth-order valence-electron chi connectivity index (χ4n) is 2.32. The molecule has 1 aliphatic rings. The normalized spacial score (nSPS) is 14.8. The minimum atomic E-state index is -0.00688. The van der Waals surface area contributed by atoms with Crippen LogP contribution < -0.4 is 11.1 Å². The predicted molar refractivity (Wildman–Crippen MR) is 78.1 cm³/mol. The molecule has 1 aliphatic carbocycles. The first-order valence-electron chi connectivity index (χ1n) is 6.92. The van der Waals surface area contributed by atoms with Crippen LogP contribution in [0.25, 0.3) is 11.3 Å². The molecule has 20 heavy (non-hydrogen) atoms. The lowest BCUT2D eigenvalue weighted by atomic mass is 9.85. The summed E-state index contributed by atoms with van der Waals surface area (Å²) in [5.41, 5.74) is 8.07. The smallest absolute Gasteiger partial charge is 0.251 e. The second-order valence-corrected chi connectivity index (χ2v) is 5.29. The molecule has 1 fully saturated rings. The van der Waals surface area contributed by atoms with E-state index in [1.54, 1.807) is 6.07 Å². The van der Waals surface area contributed by atoms with Gasteiger partial charge in [0.15, 0.2) is 0 Å². The molecular weight excluding hydrogens is 252 g/mol. The van der Waals surface area contributed by atoms with Gasteiger partial charge in [-0.25, -0.2) is 0 Å². The van der Waals surface area contributed by atoms with E-state index in [-0.39, 0.29) is 5.91 Å².